The Bertz CT molecular complexity index is 379. The molecule has 2 fully saturated rings. The van der Waals surface area contributed by atoms with E-state index in [1.165, 1.54) is 51.4 Å². The van der Waals surface area contributed by atoms with Gasteiger partial charge in [0.1, 0.15) is 0 Å². The van der Waals surface area contributed by atoms with Gasteiger partial charge in [-0.2, -0.15) is 0 Å². The Morgan fingerprint density at radius 2 is 2.00 bits per heavy atom. The Hall–Kier alpha value is -0.720. The fourth-order valence-corrected chi connectivity index (χ4v) is 5.22. The van der Waals surface area contributed by atoms with Gasteiger partial charge >= 0.3 is 0 Å². The van der Waals surface area contributed by atoms with Crippen LogP contribution in [0.1, 0.15) is 51.4 Å². The van der Waals surface area contributed by atoms with Crippen molar-refractivity contribution in [2.75, 3.05) is 0 Å². The molecule has 92 valence electrons. The van der Waals surface area contributed by atoms with Crippen molar-refractivity contribution in [3.8, 4) is 0 Å². The molecule has 17 heavy (non-hydrogen) atoms. The first-order chi connectivity index (χ1) is 8.43. The molecule has 1 nitrogen and oxygen atoms in total. The molecule has 1 heterocycles. The summed E-state index contributed by atoms with van der Waals surface area (Å²) in [5.41, 5.74) is 3.37. The average Bonchev–Trinajstić information content (AvgIpc) is 2.86. The first-order valence-electron chi connectivity index (χ1n) is 7.57. The summed E-state index contributed by atoms with van der Waals surface area (Å²) in [6, 6.07) is 0. The third kappa shape index (κ3) is 1.51. The molecule has 1 heteroatoms. The largest absolute Gasteiger partial charge is 0.365 e. The third-order valence-corrected chi connectivity index (χ3v) is 5.91. The van der Waals surface area contributed by atoms with Crippen molar-refractivity contribution in [3.05, 3.63) is 23.5 Å². The zero-order chi connectivity index (χ0) is 11.2. The van der Waals surface area contributed by atoms with E-state index in [0.29, 0.717) is 0 Å². The molecule has 1 N–H and O–H groups in total. The van der Waals surface area contributed by atoms with Crippen LogP contribution in [0.2, 0.25) is 0 Å². The van der Waals surface area contributed by atoms with Gasteiger partial charge in [0, 0.05) is 5.70 Å². The molecule has 3 aliphatic carbocycles. The van der Waals surface area contributed by atoms with Gasteiger partial charge in [-0.25, -0.2) is 0 Å². The molecule has 1 aliphatic heterocycles. The van der Waals surface area contributed by atoms with Crippen LogP contribution in [-0.4, -0.2) is 0 Å². The zero-order valence-corrected chi connectivity index (χ0v) is 10.6. The molecule has 0 spiro atoms. The smallest absolute Gasteiger partial charge is 0.0144 e. The van der Waals surface area contributed by atoms with E-state index in [-0.39, 0.29) is 0 Å². The minimum atomic E-state index is 0.940. The first-order valence-corrected chi connectivity index (χ1v) is 7.57. The summed E-state index contributed by atoms with van der Waals surface area (Å²) in [5.74, 6) is 4.18. The lowest BCUT2D eigenvalue weighted by Crippen LogP contribution is -2.37. The van der Waals surface area contributed by atoms with Crippen molar-refractivity contribution in [3.63, 3.8) is 0 Å². The number of allylic oxidation sites excluding steroid dienone is 3. The Morgan fingerprint density at radius 3 is 3.00 bits per heavy atom. The number of rotatable bonds is 0. The standard InChI is InChI=1S/C16H23N/c1-3-11-6-7-14-13(12(11)4-1)8-9-16-15(14)5-2-10-17-16/h2,10-14,17H,1,3-9H2/t11-,12+,13-,14-/m0/s1. The molecule has 4 atom stereocenters. The molecular formula is C16H23N. The fraction of sp³-hybridized carbons (Fsp3) is 0.750. The highest BCUT2D eigenvalue weighted by atomic mass is 14.9. The topological polar surface area (TPSA) is 12.0 Å². The van der Waals surface area contributed by atoms with Crippen molar-refractivity contribution in [1.82, 2.24) is 5.32 Å². The lowest BCUT2D eigenvalue weighted by molar-refractivity contribution is 0.112. The maximum atomic E-state index is 3.51. The van der Waals surface area contributed by atoms with Crippen LogP contribution in [0.3, 0.4) is 0 Å². The molecule has 0 aromatic rings. The maximum Gasteiger partial charge on any atom is 0.0144 e. The minimum absolute atomic E-state index is 0.940. The van der Waals surface area contributed by atoms with Crippen molar-refractivity contribution in [1.29, 1.82) is 0 Å². The second-order valence-electron chi connectivity index (χ2n) is 6.50. The fourth-order valence-electron chi connectivity index (χ4n) is 5.22. The summed E-state index contributed by atoms with van der Waals surface area (Å²) in [4.78, 5) is 0. The van der Waals surface area contributed by atoms with E-state index in [0.717, 1.165) is 23.7 Å². The molecule has 0 bridgehead atoms. The van der Waals surface area contributed by atoms with Gasteiger partial charge in [0.25, 0.3) is 0 Å². The summed E-state index contributed by atoms with van der Waals surface area (Å²) in [6.07, 6.45) is 16.1. The normalized spacial score (nSPS) is 43.8. The van der Waals surface area contributed by atoms with E-state index < -0.39 is 0 Å². The van der Waals surface area contributed by atoms with Gasteiger partial charge in [-0.05, 0) is 74.0 Å². The van der Waals surface area contributed by atoms with E-state index in [1.807, 2.05) is 0 Å². The number of hydrogen-bond donors (Lipinski definition) is 1. The zero-order valence-electron chi connectivity index (χ0n) is 10.6. The van der Waals surface area contributed by atoms with Gasteiger partial charge in [0.2, 0.25) is 0 Å². The first kappa shape index (κ1) is 10.2. The summed E-state index contributed by atoms with van der Waals surface area (Å²) < 4.78 is 0. The molecule has 0 amide bonds. The van der Waals surface area contributed by atoms with Crippen molar-refractivity contribution in [2.24, 2.45) is 23.7 Å². The van der Waals surface area contributed by atoms with Crippen LogP contribution in [-0.2, 0) is 0 Å². The monoisotopic (exact) mass is 229 g/mol. The Labute approximate surface area is 104 Å². The van der Waals surface area contributed by atoms with Crippen LogP contribution in [0.25, 0.3) is 0 Å². The van der Waals surface area contributed by atoms with Crippen molar-refractivity contribution >= 4 is 0 Å². The van der Waals surface area contributed by atoms with Crippen LogP contribution < -0.4 is 5.32 Å². The molecule has 2 saturated carbocycles. The van der Waals surface area contributed by atoms with E-state index in [9.17, 15) is 0 Å². The Balaban J connectivity index is 1.64. The highest BCUT2D eigenvalue weighted by Crippen LogP contribution is 2.54. The van der Waals surface area contributed by atoms with Crippen LogP contribution >= 0.6 is 0 Å². The van der Waals surface area contributed by atoms with Crippen molar-refractivity contribution in [2.45, 2.75) is 51.4 Å². The molecule has 0 radical (unpaired) electrons. The molecule has 0 aromatic heterocycles. The minimum Gasteiger partial charge on any atom is -0.365 e. The lowest BCUT2D eigenvalue weighted by atomic mass is 9.61. The number of hydrogen-bond acceptors (Lipinski definition) is 1. The molecule has 4 aliphatic rings. The second kappa shape index (κ2) is 3.90. The average molecular weight is 229 g/mol. The predicted octanol–water partition coefficient (Wildman–Crippen LogP) is 3.98. The Kier molecular flexibility index (Phi) is 2.34. The number of nitrogens with one attached hydrogen (secondary N) is 1. The van der Waals surface area contributed by atoms with Crippen LogP contribution in [0, 0.1) is 23.7 Å². The highest BCUT2D eigenvalue weighted by Gasteiger charge is 2.44. The highest BCUT2D eigenvalue weighted by molar-refractivity contribution is 5.28. The summed E-state index contributed by atoms with van der Waals surface area (Å²) in [6.45, 7) is 0. The maximum absolute atomic E-state index is 3.51. The van der Waals surface area contributed by atoms with Crippen LogP contribution in [0.15, 0.2) is 23.5 Å². The number of dihydropyridines is 1. The van der Waals surface area contributed by atoms with Gasteiger partial charge in [0.15, 0.2) is 0 Å². The van der Waals surface area contributed by atoms with Crippen molar-refractivity contribution < 1.29 is 0 Å². The molecule has 4 rings (SSSR count). The van der Waals surface area contributed by atoms with E-state index >= 15 is 0 Å². The molecule has 0 saturated heterocycles. The van der Waals surface area contributed by atoms with Gasteiger partial charge in [0.05, 0.1) is 0 Å². The summed E-state index contributed by atoms with van der Waals surface area (Å²) in [7, 11) is 0. The van der Waals surface area contributed by atoms with E-state index in [2.05, 4.69) is 17.6 Å². The molecular weight excluding hydrogens is 206 g/mol. The SMILES string of the molecule is C1=CNC2=C(C1)[C@H]1CC[C@@H]3CCC[C@H]3[C@@H]1CC2. The predicted molar refractivity (Wildman–Crippen MR) is 70.2 cm³/mol. The van der Waals surface area contributed by atoms with Gasteiger partial charge in [-0.3, -0.25) is 0 Å². The Morgan fingerprint density at radius 1 is 1.00 bits per heavy atom. The summed E-state index contributed by atoms with van der Waals surface area (Å²) in [5, 5.41) is 3.51. The quantitative estimate of drug-likeness (QED) is 0.662. The van der Waals surface area contributed by atoms with Gasteiger partial charge < -0.3 is 5.32 Å². The van der Waals surface area contributed by atoms with E-state index in [4.69, 9.17) is 0 Å². The summed E-state index contributed by atoms with van der Waals surface area (Å²) >= 11 is 0. The number of fused-ring (bicyclic) bond motifs is 4. The third-order valence-electron chi connectivity index (χ3n) is 5.91. The van der Waals surface area contributed by atoms with E-state index in [1.54, 1.807) is 11.3 Å². The molecule has 0 aromatic carbocycles. The molecule has 0 unspecified atom stereocenters. The van der Waals surface area contributed by atoms with Crippen LogP contribution in [0.4, 0.5) is 0 Å². The van der Waals surface area contributed by atoms with Crippen LogP contribution in [0.5, 0.6) is 0 Å². The van der Waals surface area contributed by atoms with Gasteiger partial charge in [-0.15, -0.1) is 0 Å². The van der Waals surface area contributed by atoms with Gasteiger partial charge in [-0.1, -0.05) is 18.9 Å². The lowest BCUT2D eigenvalue weighted by Gasteiger charge is -2.45. The second-order valence-corrected chi connectivity index (χ2v) is 6.50.